The summed E-state index contributed by atoms with van der Waals surface area (Å²) < 4.78 is 33.5. The highest BCUT2D eigenvalue weighted by Crippen LogP contribution is 2.14. The number of hydrogen-bond donors (Lipinski definition) is 2. The van der Waals surface area contributed by atoms with Crippen LogP contribution in [0.1, 0.15) is 0 Å². The van der Waals surface area contributed by atoms with Gasteiger partial charge in [-0.15, -0.1) is 10.2 Å². The summed E-state index contributed by atoms with van der Waals surface area (Å²) in [5.74, 6) is -2.41. The van der Waals surface area contributed by atoms with E-state index in [4.69, 9.17) is 9.90 Å². The van der Waals surface area contributed by atoms with Gasteiger partial charge >= 0.3 is 6.18 Å². The maximum Gasteiger partial charge on any atom is 0.430 e. The van der Waals surface area contributed by atoms with Gasteiger partial charge in [-0.05, 0) is 17.3 Å². The molecule has 0 atom stereocenters. The van der Waals surface area contributed by atoms with E-state index in [-0.39, 0.29) is 0 Å². The molecule has 0 aliphatic rings. The van der Waals surface area contributed by atoms with E-state index in [0.29, 0.717) is 5.82 Å². The molecule has 3 rings (SSSR count). The molecule has 120 valence electrons. The number of benzene rings is 1. The second kappa shape index (κ2) is 6.68. The number of carbonyl (C=O) groups excluding carboxylic acids is 1. The second-order valence-corrected chi connectivity index (χ2v) is 4.09. The Morgan fingerprint density at radius 2 is 2.04 bits per heavy atom. The van der Waals surface area contributed by atoms with Crippen molar-refractivity contribution >= 4 is 5.97 Å². The molecule has 0 aliphatic carbocycles. The minimum absolute atomic E-state index is 0.595. The Morgan fingerprint density at radius 1 is 1.30 bits per heavy atom. The van der Waals surface area contributed by atoms with Crippen molar-refractivity contribution in [2.45, 2.75) is 6.18 Å². The van der Waals surface area contributed by atoms with Crippen molar-refractivity contribution in [3.05, 3.63) is 43.0 Å². The van der Waals surface area contributed by atoms with Gasteiger partial charge in [0.05, 0.1) is 0 Å². The molecule has 23 heavy (non-hydrogen) atoms. The summed E-state index contributed by atoms with van der Waals surface area (Å²) >= 11 is 0. The average Bonchev–Trinajstić information content (AvgIpc) is 3.21. The Labute approximate surface area is 126 Å². The largest absolute Gasteiger partial charge is 0.542 e. The van der Waals surface area contributed by atoms with E-state index in [1.165, 1.54) is 0 Å². The number of aromatic amines is 2. The molecule has 2 heterocycles. The highest BCUT2D eigenvalue weighted by molar-refractivity contribution is 5.70. The van der Waals surface area contributed by atoms with Crippen LogP contribution < -0.4 is 9.67 Å². The van der Waals surface area contributed by atoms with Crippen LogP contribution >= 0.6 is 0 Å². The summed E-state index contributed by atoms with van der Waals surface area (Å²) in [4.78, 5) is 11.8. The molecular formula is C12H9F3N6O2. The average molecular weight is 326 g/mol. The molecule has 0 bridgehead atoms. The number of nitrogens with zero attached hydrogens (tertiary/aromatic N) is 4. The van der Waals surface area contributed by atoms with Crippen LogP contribution in [0.15, 0.2) is 43.0 Å². The minimum atomic E-state index is -5.19. The summed E-state index contributed by atoms with van der Waals surface area (Å²) in [7, 11) is 0. The van der Waals surface area contributed by atoms with Gasteiger partial charge in [0.15, 0.2) is 0 Å². The number of aromatic nitrogens is 6. The third-order valence-corrected chi connectivity index (χ3v) is 2.52. The number of hydrogen-bond acceptors (Lipinski definition) is 5. The van der Waals surface area contributed by atoms with Gasteiger partial charge in [-0.1, -0.05) is 12.1 Å². The summed E-state index contributed by atoms with van der Waals surface area (Å²) in [5, 5.41) is 22.7. The van der Waals surface area contributed by atoms with Crippen LogP contribution in [0.25, 0.3) is 17.1 Å². The van der Waals surface area contributed by atoms with Gasteiger partial charge in [0.1, 0.15) is 24.1 Å². The molecule has 0 radical (unpaired) electrons. The third kappa shape index (κ3) is 4.36. The molecule has 0 saturated carbocycles. The predicted molar refractivity (Wildman–Crippen MR) is 66.6 cm³/mol. The monoisotopic (exact) mass is 326 g/mol. The standard InChI is InChI=1S/C10H8N6.C2HF3O2/c1-2-8(10-12-14-15-13-10)6-9(3-1)16-5-4-11-7-16;3-2(4,5)1(6)7/h1-7H,(H,12,13,14,15);(H,6,7). The van der Waals surface area contributed by atoms with Crippen LogP contribution in [0.4, 0.5) is 13.2 Å². The molecule has 0 spiro atoms. The maximum absolute atomic E-state index is 10.5. The number of carbonyl (C=O) groups is 1. The summed E-state index contributed by atoms with van der Waals surface area (Å²) in [6, 6.07) is 7.92. The molecule has 3 aromatic rings. The molecule has 11 heteroatoms. The lowest BCUT2D eigenvalue weighted by Gasteiger charge is -2.03. The first-order chi connectivity index (χ1) is 10.9. The van der Waals surface area contributed by atoms with E-state index in [1.807, 2.05) is 47.6 Å². The lowest BCUT2D eigenvalue weighted by molar-refractivity contribution is -0.594. The number of aliphatic carboxylic acids is 1. The predicted octanol–water partition coefficient (Wildman–Crippen LogP) is -0.230. The number of carboxylic acids is 1. The van der Waals surface area contributed by atoms with Crippen molar-refractivity contribution in [2.75, 3.05) is 0 Å². The molecule has 1 aromatic carbocycles. The minimum Gasteiger partial charge on any atom is -0.542 e. The number of alkyl halides is 3. The maximum atomic E-state index is 10.5. The zero-order chi connectivity index (χ0) is 16.9. The van der Waals surface area contributed by atoms with Gasteiger partial charge in [0, 0.05) is 5.56 Å². The van der Waals surface area contributed by atoms with E-state index in [2.05, 4.69) is 25.6 Å². The van der Waals surface area contributed by atoms with Crippen molar-refractivity contribution in [3.63, 3.8) is 0 Å². The summed E-state index contributed by atoms with van der Waals surface area (Å²) in [6.07, 6.45) is 0.478. The zero-order valence-corrected chi connectivity index (χ0v) is 11.3. The molecule has 2 N–H and O–H groups in total. The van der Waals surface area contributed by atoms with E-state index >= 15 is 0 Å². The summed E-state index contributed by atoms with van der Waals surface area (Å²) in [5.41, 5.74) is 1.98. The van der Waals surface area contributed by atoms with Gasteiger partial charge in [-0.2, -0.15) is 18.4 Å². The number of tetrazole rings is 1. The van der Waals surface area contributed by atoms with E-state index < -0.39 is 12.1 Å². The van der Waals surface area contributed by atoms with E-state index in [1.54, 1.807) is 0 Å². The number of H-pyrrole nitrogens is 2. The van der Waals surface area contributed by atoms with Crippen molar-refractivity contribution in [2.24, 2.45) is 0 Å². The highest BCUT2D eigenvalue weighted by Gasteiger charge is 2.28. The van der Waals surface area contributed by atoms with E-state index in [0.717, 1.165) is 11.3 Å². The van der Waals surface area contributed by atoms with Gasteiger partial charge in [-0.25, -0.2) is 9.55 Å². The Kier molecular flexibility index (Phi) is 4.69. The lowest BCUT2D eigenvalue weighted by Crippen LogP contribution is -2.37. The van der Waals surface area contributed by atoms with Crippen molar-refractivity contribution in [1.82, 2.24) is 25.6 Å². The Hall–Kier alpha value is -3.24. The topological polar surface area (TPSA) is 114 Å². The SMILES string of the molecule is O=C([O-])C(F)(F)F.c1cc(-c2nn[nH]n2)cc(-[n+]2cc[nH]c2)c1. The fourth-order valence-electron chi connectivity index (χ4n) is 1.54. The quantitative estimate of drug-likeness (QED) is 0.631. The molecule has 0 saturated heterocycles. The zero-order valence-electron chi connectivity index (χ0n) is 11.3. The number of imidazole rings is 1. The molecule has 0 fully saturated rings. The second-order valence-electron chi connectivity index (χ2n) is 4.09. The van der Waals surface area contributed by atoms with Crippen LogP contribution in [0.3, 0.4) is 0 Å². The number of rotatable bonds is 2. The van der Waals surface area contributed by atoms with Gasteiger partial charge in [0.2, 0.25) is 12.2 Å². The molecule has 2 aromatic heterocycles. The number of halogens is 3. The smallest absolute Gasteiger partial charge is 0.430 e. The van der Waals surface area contributed by atoms with Crippen molar-refractivity contribution in [3.8, 4) is 17.1 Å². The molecule has 8 nitrogen and oxygen atoms in total. The Balaban J connectivity index is 0.000000236. The van der Waals surface area contributed by atoms with Gasteiger partial charge in [0.25, 0.3) is 0 Å². The fourth-order valence-corrected chi connectivity index (χ4v) is 1.54. The molecule has 0 amide bonds. The van der Waals surface area contributed by atoms with Crippen molar-refractivity contribution < 1.29 is 27.6 Å². The summed E-state index contributed by atoms with van der Waals surface area (Å²) in [6.45, 7) is 0. The Morgan fingerprint density at radius 3 is 2.57 bits per heavy atom. The van der Waals surface area contributed by atoms with Crippen LogP contribution in [0.5, 0.6) is 0 Å². The van der Waals surface area contributed by atoms with E-state index in [9.17, 15) is 13.2 Å². The first-order valence-corrected chi connectivity index (χ1v) is 6.04. The van der Waals surface area contributed by atoms with Crippen LogP contribution in [-0.4, -0.2) is 37.8 Å². The van der Waals surface area contributed by atoms with Gasteiger partial charge < -0.3 is 9.90 Å². The third-order valence-electron chi connectivity index (χ3n) is 2.52. The van der Waals surface area contributed by atoms with Gasteiger partial charge in [-0.3, -0.25) is 0 Å². The first kappa shape index (κ1) is 16.1. The number of nitrogens with one attached hydrogen (secondary N) is 2. The van der Waals surface area contributed by atoms with Crippen LogP contribution in [0.2, 0.25) is 0 Å². The fraction of sp³-hybridized carbons (Fsp3) is 0.0833. The van der Waals surface area contributed by atoms with Crippen LogP contribution in [0, 0.1) is 0 Å². The molecule has 0 aliphatic heterocycles. The number of carboxylic acid groups (broad SMARTS) is 1. The van der Waals surface area contributed by atoms with Crippen molar-refractivity contribution in [1.29, 1.82) is 0 Å². The molecule has 0 unspecified atom stereocenters. The first-order valence-electron chi connectivity index (χ1n) is 6.04. The normalized spacial score (nSPS) is 10.7. The lowest BCUT2D eigenvalue weighted by atomic mass is 10.2. The highest BCUT2D eigenvalue weighted by atomic mass is 19.4. The van der Waals surface area contributed by atoms with Crippen LogP contribution in [-0.2, 0) is 4.79 Å². The molecular weight excluding hydrogens is 317 g/mol. The Bertz CT molecular complexity index is 706.